The van der Waals surface area contributed by atoms with Crippen molar-refractivity contribution in [2.45, 2.75) is 122 Å². The van der Waals surface area contributed by atoms with Crippen molar-refractivity contribution >= 4 is 12.2 Å². The molecule has 6 rings (SSSR count). The number of likely N-dealkylation sites (tertiary alicyclic amines) is 1. The SMILES string of the molecule is CC(C)(C)OC(=O)N1[C@@H](CCC[C@H]2[C@H](OCc3ccccc3)[C@H](OCc3ccccc3)[C@H](COCc3ccccc3)N2C(=O)OCc2ccccc2)COC1(C)C. The van der Waals surface area contributed by atoms with E-state index in [1.165, 1.54) is 0 Å². The fourth-order valence-corrected chi connectivity index (χ4v) is 7.70. The zero-order valence-electron chi connectivity index (χ0n) is 34.0. The van der Waals surface area contributed by atoms with E-state index >= 15 is 0 Å². The molecule has 2 aliphatic rings. The molecular formula is C47H58N2O8. The van der Waals surface area contributed by atoms with Crippen molar-refractivity contribution in [1.29, 1.82) is 0 Å². The highest BCUT2D eigenvalue weighted by molar-refractivity contribution is 5.70. The number of benzene rings is 4. The van der Waals surface area contributed by atoms with Gasteiger partial charge in [-0.25, -0.2) is 9.59 Å². The summed E-state index contributed by atoms with van der Waals surface area (Å²) in [5, 5.41) is 0. The molecule has 304 valence electrons. The van der Waals surface area contributed by atoms with Crippen LogP contribution < -0.4 is 0 Å². The molecule has 2 aliphatic heterocycles. The van der Waals surface area contributed by atoms with E-state index in [1.807, 2.05) is 156 Å². The van der Waals surface area contributed by atoms with Gasteiger partial charge in [0.05, 0.1) is 51.2 Å². The van der Waals surface area contributed by atoms with Crippen LogP contribution in [-0.2, 0) is 54.8 Å². The third-order valence-corrected chi connectivity index (χ3v) is 10.4. The van der Waals surface area contributed by atoms with Gasteiger partial charge < -0.3 is 28.4 Å². The predicted octanol–water partition coefficient (Wildman–Crippen LogP) is 9.31. The Kier molecular flexibility index (Phi) is 14.4. The largest absolute Gasteiger partial charge is 0.445 e. The third kappa shape index (κ3) is 11.7. The first-order valence-corrected chi connectivity index (χ1v) is 20.1. The lowest BCUT2D eigenvalue weighted by atomic mass is 10.00. The van der Waals surface area contributed by atoms with Gasteiger partial charge in [-0.05, 0) is 76.1 Å². The number of nitrogens with zero attached hydrogens (tertiary/aromatic N) is 2. The van der Waals surface area contributed by atoms with Gasteiger partial charge in [0.1, 0.15) is 30.1 Å². The Morgan fingerprint density at radius 2 is 1.12 bits per heavy atom. The maximum atomic E-state index is 14.5. The number of amides is 2. The average molecular weight is 779 g/mol. The molecule has 2 fully saturated rings. The molecule has 2 heterocycles. The Hall–Kier alpha value is -4.74. The first kappa shape index (κ1) is 41.9. The van der Waals surface area contributed by atoms with E-state index < -0.39 is 47.8 Å². The molecule has 0 bridgehead atoms. The fraction of sp³-hybridized carbons (Fsp3) is 0.447. The molecule has 0 aromatic heterocycles. The van der Waals surface area contributed by atoms with Crippen LogP contribution in [0.2, 0.25) is 0 Å². The second-order valence-corrected chi connectivity index (χ2v) is 16.3. The average Bonchev–Trinajstić information content (AvgIpc) is 3.67. The van der Waals surface area contributed by atoms with E-state index in [1.54, 1.807) is 9.80 Å². The number of rotatable bonds is 16. The number of hydrogen-bond donors (Lipinski definition) is 0. The van der Waals surface area contributed by atoms with Crippen molar-refractivity contribution in [2.24, 2.45) is 0 Å². The summed E-state index contributed by atoms with van der Waals surface area (Å²) in [7, 11) is 0. The minimum absolute atomic E-state index is 0.116. The second-order valence-electron chi connectivity index (χ2n) is 16.3. The molecule has 57 heavy (non-hydrogen) atoms. The summed E-state index contributed by atoms with van der Waals surface area (Å²) in [5.74, 6) is 0. The molecule has 0 aliphatic carbocycles. The summed E-state index contributed by atoms with van der Waals surface area (Å²) >= 11 is 0. The van der Waals surface area contributed by atoms with Gasteiger partial charge in [0, 0.05) is 0 Å². The van der Waals surface area contributed by atoms with Crippen molar-refractivity contribution in [3.8, 4) is 0 Å². The minimum atomic E-state index is -0.827. The van der Waals surface area contributed by atoms with Crippen molar-refractivity contribution in [3.63, 3.8) is 0 Å². The highest BCUT2D eigenvalue weighted by Gasteiger charge is 2.53. The van der Waals surface area contributed by atoms with E-state index in [2.05, 4.69) is 0 Å². The van der Waals surface area contributed by atoms with Crippen LogP contribution in [0.25, 0.3) is 0 Å². The van der Waals surface area contributed by atoms with Crippen molar-refractivity contribution in [1.82, 2.24) is 9.80 Å². The number of ether oxygens (including phenoxy) is 6. The third-order valence-electron chi connectivity index (χ3n) is 10.4. The Labute approximate surface area is 338 Å². The van der Waals surface area contributed by atoms with Gasteiger partial charge >= 0.3 is 12.2 Å². The monoisotopic (exact) mass is 778 g/mol. The highest BCUT2D eigenvalue weighted by atomic mass is 16.6. The summed E-state index contributed by atoms with van der Waals surface area (Å²) < 4.78 is 38.2. The Balaban J connectivity index is 1.30. The Bertz CT molecular complexity index is 1820. The van der Waals surface area contributed by atoms with Gasteiger partial charge in [0.2, 0.25) is 0 Å². The maximum absolute atomic E-state index is 14.5. The van der Waals surface area contributed by atoms with E-state index in [4.69, 9.17) is 28.4 Å². The normalized spacial score (nSPS) is 21.7. The van der Waals surface area contributed by atoms with Crippen molar-refractivity contribution < 1.29 is 38.0 Å². The molecule has 4 aromatic carbocycles. The summed E-state index contributed by atoms with van der Waals surface area (Å²) in [6.07, 6.45) is -0.104. The first-order chi connectivity index (χ1) is 27.5. The molecule has 0 N–H and O–H groups in total. The molecule has 0 spiro atoms. The Morgan fingerprint density at radius 3 is 1.63 bits per heavy atom. The summed E-state index contributed by atoms with van der Waals surface area (Å²) in [5.41, 5.74) is 2.46. The van der Waals surface area contributed by atoms with Gasteiger partial charge in [-0.3, -0.25) is 9.80 Å². The lowest BCUT2D eigenvalue weighted by Gasteiger charge is -2.35. The summed E-state index contributed by atoms with van der Waals surface area (Å²) in [4.78, 5) is 31.6. The molecule has 10 heteroatoms. The predicted molar refractivity (Wildman–Crippen MR) is 218 cm³/mol. The molecule has 2 amide bonds. The molecule has 0 radical (unpaired) electrons. The number of carbonyl (C=O) groups is 2. The highest BCUT2D eigenvalue weighted by Crippen LogP contribution is 2.37. The van der Waals surface area contributed by atoms with Crippen LogP contribution >= 0.6 is 0 Å². The van der Waals surface area contributed by atoms with Crippen LogP contribution in [-0.4, -0.2) is 76.9 Å². The van der Waals surface area contributed by atoms with Crippen LogP contribution in [0.3, 0.4) is 0 Å². The van der Waals surface area contributed by atoms with Gasteiger partial charge in [0.15, 0.2) is 0 Å². The van der Waals surface area contributed by atoms with Gasteiger partial charge in [-0.15, -0.1) is 0 Å². The van der Waals surface area contributed by atoms with Crippen LogP contribution in [0.4, 0.5) is 9.59 Å². The van der Waals surface area contributed by atoms with Crippen molar-refractivity contribution in [2.75, 3.05) is 13.2 Å². The molecule has 4 aromatic rings. The van der Waals surface area contributed by atoms with Crippen molar-refractivity contribution in [3.05, 3.63) is 144 Å². The quantitative estimate of drug-likeness (QED) is 0.111. The molecule has 2 saturated heterocycles. The van der Waals surface area contributed by atoms with E-state index in [9.17, 15) is 9.59 Å². The van der Waals surface area contributed by atoms with Crippen LogP contribution in [0.1, 0.15) is 76.1 Å². The van der Waals surface area contributed by atoms with E-state index in [-0.39, 0.29) is 19.3 Å². The van der Waals surface area contributed by atoms with Gasteiger partial charge in [-0.1, -0.05) is 121 Å². The molecule has 0 saturated carbocycles. The van der Waals surface area contributed by atoms with E-state index in [0.717, 1.165) is 22.3 Å². The molecule has 0 unspecified atom stereocenters. The zero-order chi connectivity index (χ0) is 40.3. The first-order valence-electron chi connectivity index (χ1n) is 20.1. The molecular weight excluding hydrogens is 721 g/mol. The lowest BCUT2D eigenvalue weighted by molar-refractivity contribution is -0.0868. The number of carbonyl (C=O) groups excluding carboxylic acids is 2. The van der Waals surface area contributed by atoms with Gasteiger partial charge in [-0.2, -0.15) is 0 Å². The summed E-state index contributed by atoms with van der Waals surface area (Å²) in [6, 6.07) is 38.5. The topological polar surface area (TPSA) is 96.0 Å². The zero-order valence-corrected chi connectivity index (χ0v) is 34.0. The smallest absolute Gasteiger partial charge is 0.412 e. The lowest BCUT2D eigenvalue weighted by Crippen LogP contribution is -2.50. The number of hydrogen-bond acceptors (Lipinski definition) is 8. The second kappa shape index (κ2) is 19.6. The van der Waals surface area contributed by atoms with Crippen LogP contribution in [0.5, 0.6) is 0 Å². The molecule has 5 atom stereocenters. The Morgan fingerprint density at radius 1 is 0.649 bits per heavy atom. The fourth-order valence-electron chi connectivity index (χ4n) is 7.70. The maximum Gasteiger partial charge on any atom is 0.412 e. The molecule has 10 nitrogen and oxygen atoms in total. The minimum Gasteiger partial charge on any atom is -0.445 e. The van der Waals surface area contributed by atoms with Crippen LogP contribution in [0, 0.1) is 0 Å². The van der Waals surface area contributed by atoms with E-state index in [0.29, 0.717) is 45.7 Å². The standard InChI is InChI=1S/C47H58N2O8/c1-46(2,3)57-45(51)49-39(33-56-47(49,4)5)27-18-28-40-42(53-30-36-21-12-7-13-22-36)43(54-31-37-23-14-8-15-24-37)41(34-52-29-35-19-10-6-11-20-35)48(40)44(50)55-32-38-25-16-9-17-26-38/h6-17,19-26,39-43H,18,27-34H2,1-5H3/t39-,40-,41-,42-,43+/m0/s1. The van der Waals surface area contributed by atoms with Gasteiger partial charge in [0.25, 0.3) is 0 Å². The summed E-state index contributed by atoms with van der Waals surface area (Å²) in [6.45, 7) is 11.1. The van der Waals surface area contributed by atoms with Crippen LogP contribution in [0.15, 0.2) is 121 Å².